The molecule has 0 N–H and O–H groups in total. The van der Waals surface area contributed by atoms with Crippen LogP contribution in [0.4, 0.5) is 0 Å². The number of aryl methyl sites for hydroxylation is 1. The van der Waals surface area contributed by atoms with Crippen LogP contribution in [0, 0.1) is 18.8 Å². The van der Waals surface area contributed by atoms with E-state index in [1.165, 1.54) is 0 Å². The van der Waals surface area contributed by atoms with Gasteiger partial charge in [0.15, 0.2) is 0 Å². The maximum absolute atomic E-state index is 12.7. The van der Waals surface area contributed by atoms with Crippen molar-refractivity contribution in [2.24, 2.45) is 11.8 Å². The third-order valence-electron chi connectivity index (χ3n) is 5.16. The highest BCUT2D eigenvalue weighted by Gasteiger charge is 2.45. The number of likely N-dealkylation sites (tertiary alicyclic amines) is 1. The van der Waals surface area contributed by atoms with Gasteiger partial charge < -0.3 is 9.64 Å². The number of amides is 1. The second-order valence-electron chi connectivity index (χ2n) is 6.74. The van der Waals surface area contributed by atoms with Crippen LogP contribution in [0.15, 0.2) is 42.9 Å². The Labute approximate surface area is 141 Å². The summed E-state index contributed by atoms with van der Waals surface area (Å²) in [7, 11) is 0. The number of carbonyl (C=O) groups is 1. The van der Waals surface area contributed by atoms with Crippen LogP contribution in [0.25, 0.3) is 0 Å². The topological polar surface area (TPSA) is 55.3 Å². The Balaban J connectivity index is 1.44. The maximum Gasteiger partial charge on any atom is 0.255 e. The van der Waals surface area contributed by atoms with Crippen molar-refractivity contribution >= 4 is 5.91 Å². The molecule has 3 atom stereocenters. The first-order chi connectivity index (χ1) is 11.7. The van der Waals surface area contributed by atoms with Crippen molar-refractivity contribution in [1.82, 2.24) is 14.9 Å². The number of fused-ring (bicyclic) bond motifs is 1. The average molecular weight is 323 g/mol. The summed E-state index contributed by atoms with van der Waals surface area (Å²) in [5.74, 6) is 1.84. The van der Waals surface area contributed by atoms with Crippen LogP contribution < -0.4 is 4.74 Å². The molecule has 0 radical (unpaired) electrons. The molecule has 1 saturated carbocycles. The Kier molecular flexibility index (Phi) is 3.92. The number of hydrogen-bond donors (Lipinski definition) is 0. The van der Waals surface area contributed by atoms with Crippen molar-refractivity contribution in [3.05, 3.63) is 54.1 Å². The summed E-state index contributed by atoms with van der Waals surface area (Å²) >= 11 is 0. The quantitative estimate of drug-likeness (QED) is 0.871. The molecule has 5 heteroatoms. The van der Waals surface area contributed by atoms with Crippen LogP contribution in [-0.2, 0) is 0 Å². The van der Waals surface area contributed by atoms with Crippen molar-refractivity contribution in [1.29, 1.82) is 0 Å². The lowest BCUT2D eigenvalue weighted by atomic mass is 9.99. The predicted molar refractivity (Wildman–Crippen MR) is 89.7 cm³/mol. The molecular formula is C19H21N3O2. The summed E-state index contributed by atoms with van der Waals surface area (Å²) in [4.78, 5) is 23.0. The number of pyridine rings is 2. The minimum atomic E-state index is 0.0806. The first-order valence-corrected chi connectivity index (χ1v) is 8.49. The molecule has 0 bridgehead atoms. The highest BCUT2D eigenvalue weighted by molar-refractivity contribution is 5.94. The number of aromatic nitrogens is 2. The fourth-order valence-corrected chi connectivity index (χ4v) is 3.90. The molecule has 4 rings (SSSR count). The zero-order valence-electron chi connectivity index (χ0n) is 13.8. The predicted octanol–water partition coefficient (Wildman–Crippen LogP) is 2.71. The zero-order valence-corrected chi connectivity index (χ0v) is 13.8. The van der Waals surface area contributed by atoms with E-state index in [4.69, 9.17) is 4.74 Å². The molecule has 0 unspecified atom stereocenters. The minimum Gasteiger partial charge on any atom is -0.488 e. The molecule has 24 heavy (non-hydrogen) atoms. The number of rotatable bonds is 3. The third-order valence-corrected chi connectivity index (χ3v) is 5.16. The Hall–Kier alpha value is -2.43. The molecule has 0 aromatic carbocycles. The summed E-state index contributed by atoms with van der Waals surface area (Å²) in [6, 6.07) is 7.58. The fourth-order valence-electron chi connectivity index (χ4n) is 3.90. The van der Waals surface area contributed by atoms with Crippen molar-refractivity contribution in [2.75, 3.05) is 13.1 Å². The van der Waals surface area contributed by atoms with E-state index in [0.717, 1.165) is 37.4 Å². The number of ether oxygens (including phenoxy) is 1. The molecule has 2 aliphatic rings. The standard InChI is InChI=1S/C19H21N3O2/c1-13-4-5-14(9-21-13)19(23)22-11-15-6-7-18(17(15)12-22)24-16-3-2-8-20-10-16/h2-5,8-10,15,17-18H,6-7,11-12H2,1H3/t15-,17+,18-/m1/s1. The van der Waals surface area contributed by atoms with Gasteiger partial charge in [0, 0.05) is 37.1 Å². The fraction of sp³-hybridized carbons (Fsp3) is 0.421. The Morgan fingerprint density at radius 3 is 2.88 bits per heavy atom. The van der Waals surface area contributed by atoms with Gasteiger partial charge in [-0.25, -0.2) is 0 Å². The smallest absolute Gasteiger partial charge is 0.255 e. The lowest BCUT2D eigenvalue weighted by molar-refractivity contribution is 0.0762. The van der Waals surface area contributed by atoms with E-state index in [9.17, 15) is 4.79 Å². The number of hydrogen-bond acceptors (Lipinski definition) is 4. The molecular weight excluding hydrogens is 302 g/mol. The van der Waals surface area contributed by atoms with Crippen molar-refractivity contribution in [3.63, 3.8) is 0 Å². The van der Waals surface area contributed by atoms with Gasteiger partial charge in [-0.3, -0.25) is 14.8 Å². The first kappa shape index (κ1) is 15.1. The van der Waals surface area contributed by atoms with E-state index < -0.39 is 0 Å². The molecule has 2 aromatic rings. The molecule has 3 heterocycles. The monoisotopic (exact) mass is 323 g/mol. The van der Waals surface area contributed by atoms with Crippen molar-refractivity contribution < 1.29 is 9.53 Å². The highest BCUT2D eigenvalue weighted by atomic mass is 16.5. The molecule has 2 aromatic heterocycles. The van der Waals surface area contributed by atoms with Gasteiger partial charge in [-0.1, -0.05) is 0 Å². The van der Waals surface area contributed by atoms with Crippen molar-refractivity contribution in [2.45, 2.75) is 25.9 Å². The summed E-state index contributed by atoms with van der Waals surface area (Å²) in [6.07, 6.45) is 7.52. The molecule has 0 spiro atoms. The second-order valence-corrected chi connectivity index (χ2v) is 6.74. The van der Waals surface area contributed by atoms with Crippen LogP contribution >= 0.6 is 0 Å². The largest absolute Gasteiger partial charge is 0.488 e. The zero-order chi connectivity index (χ0) is 16.5. The van der Waals surface area contributed by atoms with E-state index >= 15 is 0 Å². The summed E-state index contributed by atoms with van der Waals surface area (Å²) in [5, 5.41) is 0. The van der Waals surface area contributed by atoms with Gasteiger partial charge in [0.1, 0.15) is 11.9 Å². The molecule has 2 fully saturated rings. The Bertz CT molecular complexity index is 717. The Morgan fingerprint density at radius 2 is 2.12 bits per heavy atom. The normalized spacial score (nSPS) is 25.5. The lowest BCUT2D eigenvalue weighted by Crippen LogP contribution is -2.32. The van der Waals surface area contributed by atoms with E-state index in [1.807, 2.05) is 36.1 Å². The summed E-state index contributed by atoms with van der Waals surface area (Å²) in [6.45, 7) is 3.52. The molecule has 5 nitrogen and oxygen atoms in total. The van der Waals surface area contributed by atoms with Gasteiger partial charge in [0.25, 0.3) is 5.91 Å². The summed E-state index contributed by atoms with van der Waals surface area (Å²) in [5.41, 5.74) is 1.60. The molecule has 124 valence electrons. The Morgan fingerprint density at radius 1 is 1.21 bits per heavy atom. The van der Waals surface area contributed by atoms with Gasteiger partial charge >= 0.3 is 0 Å². The van der Waals surface area contributed by atoms with Crippen molar-refractivity contribution in [3.8, 4) is 5.75 Å². The van der Waals surface area contributed by atoms with Crippen LogP contribution in [0.3, 0.4) is 0 Å². The van der Waals surface area contributed by atoms with E-state index in [2.05, 4.69) is 9.97 Å². The summed E-state index contributed by atoms with van der Waals surface area (Å²) < 4.78 is 6.13. The van der Waals surface area contributed by atoms with Crippen LogP contribution in [0.1, 0.15) is 28.9 Å². The molecule has 1 amide bonds. The lowest BCUT2D eigenvalue weighted by Gasteiger charge is -2.22. The average Bonchev–Trinajstić information content (AvgIpc) is 3.18. The van der Waals surface area contributed by atoms with Gasteiger partial charge in [-0.05, 0) is 49.9 Å². The van der Waals surface area contributed by atoms with Gasteiger partial charge in [-0.15, -0.1) is 0 Å². The highest BCUT2D eigenvalue weighted by Crippen LogP contribution is 2.40. The number of nitrogens with zero attached hydrogens (tertiary/aromatic N) is 3. The van der Waals surface area contributed by atoms with Gasteiger partial charge in [0.2, 0.25) is 0 Å². The number of carbonyl (C=O) groups excluding carboxylic acids is 1. The van der Waals surface area contributed by atoms with Crippen LogP contribution in [0.5, 0.6) is 5.75 Å². The molecule has 1 aliphatic carbocycles. The van der Waals surface area contributed by atoms with E-state index in [-0.39, 0.29) is 12.0 Å². The van der Waals surface area contributed by atoms with Gasteiger partial charge in [-0.2, -0.15) is 0 Å². The second kappa shape index (κ2) is 6.23. The molecule has 1 aliphatic heterocycles. The van der Waals surface area contributed by atoms with Crippen LogP contribution in [0.2, 0.25) is 0 Å². The van der Waals surface area contributed by atoms with Gasteiger partial charge in [0.05, 0.1) is 11.8 Å². The molecule has 1 saturated heterocycles. The minimum absolute atomic E-state index is 0.0806. The van der Waals surface area contributed by atoms with E-state index in [1.54, 1.807) is 18.6 Å². The third kappa shape index (κ3) is 2.86. The maximum atomic E-state index is 12.7. The SMILES string of the molecule is Cc1ccc(C(=O)N2C[C@H]3CC[C@@H](Oc4cccnc4)[C@H]3C2)cn1. The first-order valence-electron chi connectivity index (χ1n) is 8.49. The van der Waals surface area contributed by atoms with E-state index in [0.29, 0.717) is 17.4 Å². The van der Waals surface area contributed by atoms with Crippen LogP contribution in [-0.4, -0.2) is 40.0 Å².